The van der Waals surface area contributed by atoms with Crippen molar-refractivity contribution in [3.8, 4) is 22.4 Å². The molecule has 0 spiro atoms. The maximum absolute atomic E-state index is 8.53. The third-order valence-electron chi connectivity index (χ3n) is 7.18. The predicted molar refractivity (Wildman–Crippen MR) is 151 cm³/mol. The summed E-state index contributed by atoms with van der Waals surface area (Å²) in [5.41, 5.74) is 6.64. The van der Waals surface area contributed by atoms with Crippen LogP contribution in [-0.2, 0) is 0 Å². The second kappa shape index (κ2) is 8.07. The van der Waals surface area contributed by atoms with Crippen LogP contribution in [0.1, 0.15) is 26.7 Å². The summed E-state index contributed by atoms with van der Waals surface area (Å²) in [6.07, 6.45) is 1.79. The van der Waals surface area contributed by atoms with Gasteiger partial charge < -0.3 is 4.42 Å². The Labute approximate surface area is 211 Å². The van der Waals surface area contributed by atoms with Crippen molar-refractivity contribution in [2.75, 3.05) is 0 Å². The van der Waals surface area contributed by atoms with Crippen LogP contribution in [-0.4, -0.2) is 4.98 Å². The van der Waals surface area contributed by atoms with E-state index in [0.717, 1.165) is 49.9 Å². The van der Waals surface area contributed by atoms with E-state index in [1.54, 1.807) is 6.20 Å². The van der Waals surface area contributed by atoms with Crippen molar-refractivity contribution in [1.82, 2.24) is 4.98 Å². The molecule has 2 heteroatoms. The molecule has 0 saturated heterocycles. The Bertz CT molecular complexity index is 1960. The van der Waals surface area contributed by atoms with Crippen LogP contribution in [0.4, 0.5) is 0 Å². The Morgan fingerprint density at radius 3 is 2.33 bits per heavy atom. The van der Waals surface area contributed by atoms with Crippen molar-refractivity contribution >= 4 is 43.5 Å². The minimum absolute atomic E-state index is 0.715. The van der Waals surface area contributed by atoms with E-state index in [1.807, 2.05) is 32.0 Å². The lowest BCUT2D eigenvalue weighted by molar-refractivity contribution is 0.670. The van der Waals surface area contributed by atoms with Crippen molar-refractivity contribution in [2.24, 2.45) is 0 Å². The molecule has 0 N–H and O–H groups in total. The average Bonchev–Trinajstić information content (AvgIpc) is 3.30. The van der Waals surface area contributed by atoms with Crippen LogP contribution in [0.2, 0.25) is 0 Å². The molecule has 0 atom stereocenters. The molecule has 0 amide bonds. The highest BCUT2D eigenvalue weighted by atomic mass is 16.3. The summed E-state index contributed by atoms with van der Waals surface area (Å²) >= 11 is 0. The fraction of sp³-hybridized carbons (Fsp3) is 0.0882. The van der Waals surface area contributed by atoms with E-state index < -0.39 is 5.89 Å². The maximum atomic E-state index is 8.53. The molecule has 7 aromatic rings. The topological polar surface area (TPSA) is 26.0 Å². The first-order chi connectivity index (χ1) is 18.0. The Kier molecular flexibility index (Phi) is 4.44. The van der Waals surface area contributed by atoms with Crippen LogP contribution in [0.25, 0.3) is 65.9 Å². The zero-order valence-corrected chi connectivity index (χ0v) is 20.2. The quantitative estimate of drug-likeness (QED) is 0.243. The van der Waals surface area contributed by atoms with Crippen molar-refractivity contribution in [3.05, 3.63) is 115 Å². The first kappa shape index (κ1) is 19.8. The van der Waals surface area contributed by atoms with Crippen LogP contribution >= 0.6 is 0 Å². The number of pyridine rings is 1. The molecule has 172 valence electrons. The van der Waals surface area contributed by atoms with Crippen molar-refractivity contribution in [3.63, 3.8) is 0 Å². The molecular formula is C34H25NO. The molecule has 7 rings (SSSR count). The van der Waals surface area contributed by atoms with Crippen LogP contribution in [0.5, 0.6) is 0 Å². The zero-order chi connectivity index (χ0) is 25.1. The lowest BCUT2D eigenvalue weighted by Gasteiger charge is -2.10. The number of benzene rings is 5. The molecule has 2 aromatic heterocycles. The zero-order valence-electron chi connectivity index (χ0n) is 21.2. The molecule has 36 heavy (non-hydrogen) atoms. The largest absolute Gasteiger partial charge is 0.455 e. The van der Waals surface area contributed by atoms with Gasteiger partial charge in [0.25, 0.3) is 0 Å². The minimum atomic E-state index is -0.715. The number of furan rings is 1. The molecule has 2 nitrogen and oxygen atoms in total. The molecule has 0 saturated carbocycles. The summed E-state index contributed by atoms with van der Waals surface area (Å²) in [4.78, 5) is 4.70. The maximum Gasteiger partial charge on any atom is 0.145 e. The second-order valence-corrected chi connectivity index (χ2v) is 9.62. The second-order valence-electron chi connectivity index (χ2n) is 9.62. The van der Waals surface area contributed by atoms with Gasteiger partial charge in [-0.1, -0.05) is 86.6 Å². The molecule has 0 radical (unpaired) electrons. The first-order valence-electron chi connectivity index (χ1n) is 12.8. The van der Waals surface area contributed by atoms with Gasteiger partial charge in [0, 0.05) is 23.9 Å². The van der Waals surface area contributed by atoms with E-state index >= 15 is 0 Å². The van der Waals surface area contributed by atoms with Gasteiger partial charge in [0.1, 0.15) is 11.2 Å². The van der Waals surface area contributed by atoms with E-state index in [4.69, 9.17) is 10.8 Å². The van der Waals surface area contributed by atoms with Gasteiger partial charge in [-0.05, 0) is 74.5 Å². The monoisotopic (exact) mass is 464 g/mol. The van der Waals surface area contributed by atoms with Gasteiger partial charge in [-0.3, -0.25) is 4.98 Å². The Morgan fingerprint density at radius 1 is 0.694 bits per heavy atom. The third kappa shape index (κ3) is 3.22. The van der Waals surface area contributed by atoms with Crippen molar-refractivity contribution in [2.45, 2.75) is 19.7 Å². The van der Waals surface area contributed by atoms with Gasteiger partial charge in [-0.2, -0.15) is 0 Å². The Hall–Kier alpha value is -4.43. The van der Waals surface area contributed by atoms with E-state index in [-0.39, 0.29) is 0 Å². The SMILES string of the molecule is [2H]C(C)(C)c1ccnc(-c2ccc(-c3ccccc3)c3c2oc2cc4c(ccc5ccccc54)cc23)c1. The van der Waals surface area contributed by atoms with E-state index in [0.29, 0.717) is 0 Å². The highest BCUT2D eigenvalue weighted by Crippen LogP contribution is 2.43. The number of hydrogen-bond donors (Lipinski definition) is 0. The Morgan fingerprint density at radius 2 is 1.47 bits per heavy atom. The standard InChI is InChI=1S/C34H25NO/c1-21(2)24-16-17-35-31(19-24)28-15-14-27(22-8-4-3-5-9-22)33-30-18-25-13-12-23-10-6-7-11-26(23)29(25)20-32(30)36-34(28)33/h3-21H,1-2H3/i21D. The molecule has 2 heterocycles. The lowest BCUT2D eigenvalue weighted by atomic mass is 9.94. The fourth-order valence-electron chi connectivity index (χ4n) is 5.33. The fourth-order valence-corrected chi connectivity index (χ4v) is 5.33. The smallest absolute Gasteiger partial charge is 0.145 e. The third-order valence-corrected chi connectivity index (χ3v) is 7.18. The number of nitrogens with zero attached hydrogens (tertiary/aromatic N) is 1. The van der Waals surface area contributed by atoms with Gasteiger partial charge in [-0.25, -0.2) is 0 Å². The van der Waals surface area contributed by atoms with Crippen LogP contribution in [0.3, 0.4) is 0 Å². The summed E-state index contributed by atoms with van der Waals surface area (Å²) in [5.74, 6) is -0.715. The number of fused-ring (bicyclic) bond motifs is 6. The summed E-state index contributed by atoms with van der Waals surface area (Å²) < 4.78 is 15.2. The van der Waals surface area contributed by atoms with Crippen molar-refractivity contribution < 1.29 is 5.79 Å². The molecule has 0 aliphatic carbocycles. The number of rotatable bonds is 3. The van der Waals surface area contributed by atoms with Crippen LogP contribution in [0.15, 0.2) is 114 Å². The van der Waals surface area contributed by atoms with E-state index in [9.17, 15) is 0 Å². The average molecular weight is 465 g/mol. The molecule has 0 bridgehead atoms. The molecule has 0 aliphatic heterocycles. The Balaban J connectivity index is 1.59. The summed E-state index contributed by atoms with van der Waals surface area (Å²) in [6.45, 7) is 3.80. The summed E-state index contributed by atoms with van der Waals surface area (Å²) in [5, 5.41) is 6.99. The van der Waals surface area contributed by atoms with Crippen molar-refractivity contribution in [1.29, 1.82) is 0 Å². The number of aromatic nitrogens is 1. The lowest BCUT2D eigenvalue weighted by Crippen LogP contribution is -1.91. The van der Waals surface area contributed by atoms with Gasteiger partial charge in [-0.15, -0.1) is 0 Å². The highest BCUT2D eigenvalue weighted by Gasteiger charge is 2.19. The summed E-state index contributed by atoms with van der Waals surface area (Å²) in [7, 11) is 0. The van der Waals surface area contributed by atoms with Gasteiger partial charge >= 0.3 is 0 Å². The molecule has 5 aromatic carbocycles. The van der Waals surface area contributed by atoms with E-state index in [2.05, 4.69) is 84.9 Å². The van der Waals surface area contributed by atoms with Gasteiger partial charge in [0.15, 0.2) is 0 Å². The predicted octanol–water partition coefficient (Wildman–Crippen LogP) is 9.74. The van der Waals surface area contributed by atoms with Gasteiger partial charge in [0.05, 0.1) is 5.69 Å². The highest BCUT2D eigenvalue weighted by molar-refractivity contribution is 6.20. The number of hydrogen-bond acceptors (Lipinski definition) is 2. The molecular weight excluding hydrogens is 438 g/mol. The van der Waals surface area contributed by atoms with Gasteiger partial charge in [0.2, 0.25) is 0 Å². The minimum Gasteiger partial charge on any atom is -0.455 e. The molecule has 0 fully saturated rings. The summed E-state index contributed by atoms with van der Waals surface area (Å²) in [6, 6.07) is 36.0. The normalized spacial score (nSPS) is 12.6. The molecule has 0 unspecified atom stereocenters. The van der Waals surface area contributed by atoms with Crippen LogP contribution in [0, 0.1) is 0 Å². The first-order valence-corrected chi connectivity index (χ1v) is 12.3. The molecule has 0 aliphatic rings. The van der Waals surface area contributed by atoms with Crippen LogP contribution < -0.4 is 0 Å². The van der Waals surface area contributed by atoms with E-state index in [1.165, 1.54) is 21.5 Å².